The number of carbonyl (C=O) groups is 1. The molecule has 1 N–H and O–H groups in total. The minimum atomic E-state index is -0.914. The van der Waals surface area contributed by atoms with Crippen LogP contribution in [0, 0.1) is 12.8 Å². The van der Waals surface area contributed by atoms with Gasteiger partial charge in [0.15, 0.2) is 0 Å². The largest absolute Gasteiger partial charge is 0.478 e. The Morgan fingerprint density at radius 2 is 2.18 bits per heavy atom. The van der Waals surface area contributed by atoms with Crippen LogP contribution in [0.5, 0.6) is 0 Å². The quantitative estimate of drug-likeness (QED) is 0.868. The van der Waals surface area contributed by atoms with Crippen LogP contribution in [0.15, 0.2) is 12.1 Å². The lowest BCUT2D eigenvalue weighted by molar-refractivity contribution is 0.0697. The summed E-state index contributed by atoms with van der Waals surface area (Å²) in [4.78, 5) is 17.5. The van der Waals surface area contributed by atoms with Gasteiger partial charge >= 0.3 is 5.97 Å². The molecule has 0 amide bonds. The van der Waals surface area contributed by atoms with E-state index in [0.717, 1.165) is 5.69 Å². The van der Waals surface area contributed by atoms with Gasteiger partial charge in [0, 0.05) is 18.8 Å². The molecule has 1 aliphatic carbocycles. The van der Waals surface area contributed by atoms with Gasteiger partial charge in [0.1, 0.15) is 11.4 Å². The third-order valence-corrected chi connectivity index (χ3v) is 3.49. The molecule has 0 spiro atoms. The molecule has 1 atom stereocenters. The van der Waals surface area contributed by atoms with Crippen molar-refractivity contribution in [1.29, 1.82) is 0 Å². The Kier molecular flexibility index (Phi) is 3.05. The van der Waals surface area contributed by atoms with Gasteiger partial charge in [0.2, 0.25) is 0 Å². The lowest BCUT2D eigenvalue weighted by Crippen LogP contribution is -2.32. The summed E-state index contributed by atoms with van der Waals surface area (Å²) in [5.74, 6) is 0.350. The van der Waals surface area contributed by atoms with Gasteiger partial charge in [-0.1, -0.05) is 0 Å². The van der Waals surface area contributed by atoms with E-state index < -0.39 is 5.97 Å². The Morgan fingerprint density at radius 1 is 1.53 bits per heavy atom. The smallest absolute Gasteiger partial charge is 0.339 e. The molecule has 0 bridgehead atoms. The van der Waals surface area contributed by atoms with E-state index in [0.29, 0.717) is 17.8 Å². The van der Waals surface area contributed by atoms with E-state index >= 15 is 0 Å². The van der Waals surface area contributed by atoms with Gasteiger partial charge < -0.3 is 10.0 Å². The first kappa shape index (κ1) is 11.9. The van der Waals surface area contributed by atoms with E-state index in [4.69, 9.17) is 0 Å². The standard InChI is InChI=1S/C13H18N2O2/c1-8-4-7-11(13(16)17)12(14-8)15(3)9(2)10-5-6-10/h4,7,9-10H,5-6H2,1-3H3,(H,16,17). The predicted molar refractivity (Wildman–Crippen MR) is 66.5 cm³/mol. The number of rotatable bonds is 4. The number of pyridine rings is 1. The zero-order valence-electron chi connectivity index (χ0n) is 10.5. The zero-order valence-corrected chi connectivity index (χ0v) is 10.5. The molecule has 4 heteroatoms. The number of hydrogen-bond donors (Lipinski definition) is 1. The maximum Gasteiger partial charge on any atom is 0.339 e. The van der Waals surface area contributed by atoms with E-state index in [-0.39, 0.29) is 5.56 Å². The van der Waals surface area contributed by atoms with Gasteiger partial charge in [-0.15, -0.1) is 0 Å². The molecule has 0 radical (unpaired) electrons. The van der Waals surface area contributed by atoms with Crippen LogP contribution in [0.4, 0.5) is 5.82 Å². The van der Waals surface area contributed by atoms with Crippen molar-refractivity contribution >= 4 is 11.8 Å². The van der Waals surface area contributed by atoms with Crippen molar-refractivity contribution in [3.63, 3.8) is 0 Å². The van der Waals surface area contributed by atoms with Gasteiger partial charge in [-0.25, -0.2) is 9.78 Å². The second-order valence-electron chi connectivity index (χ2n) is 4.82. The molecule has 17 heavy (non-hydrogen) atoms. The molecule has 0 saturated heterocycles. The van der Waals surface area contributed by atoms with E-state index in [2.05, 4.69) is 11.9 Å². The summed E-state index contributed by atoms with van der Waals surface area (Å²) in [6.45, 7) is 4.01. The molecular formula is C13H18N2O2. The summed E-state index contributed by atoms with van der Waals surface area (Å²) in [6, 6.07) is 3.72. The van der Waals surface area contributed by atoms with Crippen LogP contribution >= 0.6 is 0 Å². The van der Waals surface area contributed by atoms with E-state index in [9.17, 15) is 9.90 Å². The maximum atomic E-state index is 11.2. The second-order valence-corrected chi connectivity index (χ2v) is 4.82. The third kappa shape index (κ3) is 2.40. The number of nitrogens with zero attached hydrogens (tertiary/aromatic N) is 2. The van der Waals surface area contributed by atoms with Crippen LogP contribution in [-0.2, 0) is 0 Å². The second kappa shape index (κ2) is 4.35. The maximum absolute atomic E-state index is 11.2. The predicted octanol–water partition coefficient (Wildman–Crippen LogP) is 2.32. The normalized spacial score (nSPS) is 16.6. The van der Waals surface area contributed by atoms with Crippen LogP contribution in [0.25, 0.3) is 0 Å². The van der Waals surface area contributed by atoms with Gasteiger partial charge in [-0.3, -0.25) is 0 Å². The van der Waals surface area contributed by atoms with Gasteiger partial charge in [0.25, 0.3) is 0 Å². The fourth-order valence-electron chi connectivity index (χ4n) is 2.07. The highest BCUT2D eigenvalue weighted by molar-refractivity contribution is 5.93. The average Bonchev–Trinajstić information content (AvgIpc) is 3.10. The van der Waals surface area contributed by atoms with Crippen molar-refractivity contribution in [3.8, 4) is 0 Å². The van der Waals surface area contributed by atoms with Crippen LogP contribution < -0.4 is 4.90 Å². The highest BCUT2D eigenvalue weighted by Crippen LogP contribution is 2.36. The number of carboxylic acids is 1. The first-order chi connectivity index (χ1) is 8.00. The molecule has 1 fully saturated rings. The highest BCUT2D eigenvalue weighted by atomic mass is 16.4. The summed E-state index contributed by atoms with van der Waals surface area (Å²) in [6.07, 6.45) is 2.47. The Balaban J connectivity index is 2.34. The van der Waals surface area contributed by atoms with Crippen molar-refractivity contribution < 1.29 is 9.90 Å². The molecule has 2 rings (SSSR count). The number of anilines is 1. The molecule has 1 heterocycles. The Bertz CT molecular complexity index is 441. The molecule has 1 saturated carbocycles. The molecule has 0 aromatic carbocycles. The first-order valence-electron chi connectivity index (χ1n) is 5.94. The molecule has 1 aliphatic rings. The lowest BCUT2D eigenvalue weighted by Gasteiger charge is -2.27. The Hall–Kier alpha value is -1.58. The van der Waals surface area contributed by atoms with Crippen LogP contribution in [0.2, 0.25) is 0 Å². The van der Waals surface area contributed by atoms with E-state index in [1.807, 2.05) is 18.9 Å². The number of aromatic carboxylic acids is 1. The summed E-state index contributed by atoms with van der Waals surface area (Å²) in [7, 11) is 1.93. The third-order valence-electron chi connectivity index (χ3n) is 3.49. The molecule has 92 valence electrons. The van der Waals surface area contributed by atoms with Crippen LogP contribution in [0.1, 0.15) is 35.8 Å². The van der Waals surface area contributed by atoms with Crippen LogP contribution in [-0.4, -0.2) is 29.1 Å². The van der Waals surface area contributed by atoms with Crippen molar-refractivity contribution in [2.75, 3.05) is 11.9 Å². The number of hydrogen-bond acceptors (Lipinski definition) is 3. The van der Waals surface area contributed by atoms with Gasteiger partial charge in [0.05, 0.1) is 0 Å². The monoisotopic (exact) mass is 234 g/mol. The number of carboxylic acid groups (broad SMARTS) is 1. The van der Waals surface area contributed by atoms with Gasteiger partial charge in [-0.2, -0.15) is 0 Å². The van der Waals surface area contributed by atoms with Crippen molar-refractivity contribution in [1.82, 2.24) is 4.98 Å². The fourth-order valence-corrected chi connectivity index (χ4v) is 2.07. The molecule has 0 aliphatic heterocycles. The molecule has 4 nitrogen and oxygen atoms in total. The Morgan fingerprint density at radius 3 is 2.71 bits per heavy atom. The minimum absolute atomic E-state index is 0.283. The van der Waals surface area contributed by atoms with Crippen molar-refractivity contribution in [2.45, 2.75) is 32.7 Å². The van der Waals surface area contributed by atoms with E-state index in [1.54, 1.807) is 12.1 Å². The lowest BCUT2D eigenvalue weighted by atomic mass is 10.1. The fraction of sp³-hybridized carbons (Fsp3) is 0.538. The topological polar surface area (TPSA) is 53.4 Å². The molecule has 1 aromatic heterocycles. The summed E-state index contributed by atoms with van der Waals surface area (Å²) >= 11 is 0. The Labute approximate surface area is 101 Å². The highest BCUT2D eigenvalue weighted by Gasteiger charge is 2.32. The summed E-state index contributed by atoms with van der Waals surface area (Å²) in [5.41, 5.74) is 1.13. The van der Waals surface area contributed by atoms with Crippen LogP contribution in [0.3, 0.4) is 0 Å². The number of aryl methyl sites for hydroxylation is 1. The SMILES string of the molecule is Cc1ccc(C(=O)O)c(N(C)C(C)C2CC2)n1. The van der Waals surface area contributed by atoms with E-state index in [1.165, 1.54) is 12.8 Å². The van der Waals surface area contributed by atoms with Crippen molar-refractivity contribution in [3.05, 3.63) is 23.4 Å². The number of aromatic nitrogens is 1. The van der Waals surface area contributed by atoms with Gasteiger partial charge in [-0.05, 0) is 44.7 Å². The molecule has 1 unspecified atom stereocenters. The summed E-state index contributed by atoms with van der Waals surface area (Å²) < 4.78 is 0. The molecular weight excluding hydrogens is 216 g/mol. The first-order valence-corrected chi connectivity index (χ1v) is 5.94. The van der Waals surface area contributed by atoms with Crippen molar-refractivity contribution in [2.24, 2.45) is 5.92 Å². The summed E-state index contributed by atoms with van der Waals surface area (Å²) in [5, 5.41) is 9.17. The average molecular weight is 234 g/mol. The minimum Gasteiger partial charge on any atom is -0.478 e. The molecule has 1 aromatic rings. The zero-order chi connectivity index (χ0) is 12.6.